The number of hydrogen-bond donors (Lipinski definition) is 2. The SMILES string of the molecule is Cc1ccc(NC(=S)Nc2ccc(F)cc2)cc1F. The second kappa shape index (κ2) is 5.75. The summed E-state index contributed by atoms with van der Waals surface area (Å²) in [4.78, 5) is 0. The summed E-state index contributed by atoms with van der Waals surface area (Å²) in [7, 11) is 0. The van der Waals surface area contributed by atoms with Crippen molar-refractivity contribution in [2.45, 2.75) is 6.92 Å². The third kappa shape index (κ3) is 3.72. The first-order valence-corrected chi connectivity index (χ1v) is 6.05. The molecule has 2 aromatic rings. The summed E-state index contributed by atoms with van der Waals surface area (Å²) in [6, 6.07) is 10.6. The number of anilines is 2. The average molecular weight is 278 g/mol. The first-order valence-electron chi connectivity index (χ1n) is 5.64. The van der Waals surface area contributed by atoms with Crippen molar-refractivity contribution in [2.75, 3.05) is 10.6 Å². The van der Waals surface area contributed by atoms with Crippen LogP contribution in [-0.2, 0) is 0 Å². The van der Waals surface area contributed by atoms with Crippen LogP contribution in [0.3, 0.4) is 0 Å². The summed E-state index contributed by atoms with van der Waals surface area (Å²) < 4.78 is 26.1. The topological polar surface area (TPSA) is 24.1 Å². The third-order valence-corrected chi connectivity index (χ3v) is 2.74. The minimum absolute atomic E-state index is 0.297. The van der Waals surface area contributed by atoms with Gasteiger partial charge >= 0.3 is 0 Å². The molecule has 0 aliphatic heterocycles. The predicted octanol–water partition coefficient (Wildman–Crippen LogP) is 4.08. The highest BCUT2D eigenvalue weighted by molar-refractivity contribution is 7.80. The van der Waals surface area contributed by atoms with Crippen molar-refractivity contribution in [2.24, 2.45) is 0 Å². The molecule has 2 aromatic carbocycles. The van der Waals surface area contributed by atoms with Gasteiger partial charge in [-0.3, -0.25) is 0 Å². The van der Waals surface area contributed by atoms with Crippen LogP contribution in [0.4, 0.5) is 20.2 Å². The van der Waals surface area contributed by atoms with E-state index in [2.05, 4.69) is 10.6 Å². The van der Waals surface area contributed by atoms with Crippen LogP contribution >= 0.6 is 12.2 Å². The molecule has 0 radical (unpaired) electrons. The second-order valence-electron chi connectivity index (χ2n) is 4.05. The minimum atomic E-state index is -0.315. The zero-order valence-corrected chi connectivity index (χ0v) is 11.0. The summed E-state index contributed by atoms with van der Waals surface area (Å²) in [5.41, 5.74) is 1.79. The maximum atomic E-state index is 13.4. The van der Waals surface area contributed by atoms with Gasteiger partial charge < -0.3 is 10.6 Å². The molecule has 0 amide bonds. The van der Waals surface area contributed by atoms with E-state index in [1.807, 2.05) is 0 Å². The van der Waals surface area contributed by atoms with Crippen LogP contribution in [0.1, 0.15) is 5.56 Å². The van der Waals surface area contributed by atoms with E-state index >= 15 is 0 Å². The Labute approximate surface area is 115 Å². The monoisotopic (exact) mass is 278 g/mol. The Balaban J connectivity index is 2.01. The lowest BCUT2D eigenvalue weighted by molar-refractivity contribution is 0.619. The van der Waals surface area contributed by atoms with Gasteiger partial charge in [-0.25, -0.2) is 8.78 Å². The third-order valence-electron chi connectivity index (χ3n) is 2.53. The molecule has 0 aliphatic rings. The molecule has 0 bridgehead atoms. The number of hydrogen-bond acceptors (Lipinski definition) is 1. The minimum Gasteiger partial charge on any atom is -0.332 e. The largest absolute Gasteiger partial charge is 0.332 e. The van der Waals surface area contributed by atoms with E-state index in [0.717, 1.165) is 0 Å². The molecule has 0 saturated carbocycles. The second-order valence-corrected chi connectivity index (χ2v) is 4.46. The van der Waals surface area contributed by atoms with Crippen molar-refractivity contribution in [1.29, 1.82) is 0 Å². The molecule has 0 fully saturated rings. The standard InChI is InChI=1S/C14H12F2N2S/c1-9-2-5-12(8-13(9)16)18-14(19)17-11-6-3-10(15)4-7-11/h2-8H,1H3,(H2,17,18,19). The molecule has 0 heterocycles. The van der Waals surface area contributed by atoms with Crippen LogP contribution in [0.2, 0.25) is 0 Å². The number of nitrogens with one attached hydrogen (secondary N) is 2. The molecular weight excluding hydrogens is 266 g/mol. The first kappa shape index (κ1) is 13.4. The lowest BCUT2D eigenvalue weighted by Crippen LogP contribution is -2.19. The lowest BCUT2D eigenvalue weighted by Gasteiger charge is -2.11. The van der Waals surface area contributed by atoms with Crippen LogP contribution in [-0.4, -0.2) is 5.11 Å². The van der Waals surface area contributed by atoms with Gasteiger partial charge in [0.1, 0.15) is 11.6 Å². The van der Waals surface area contributed by atoms with Gasteiger partial charge in [0, 0.05) is 11.4 Å². The Kier molecular flexibility index (Phi) is 4.06. The van der Waals surface area contributed by atoms with Crippen molar-refractivity contribution in [3.63, 3.8) is 0 Å². The van der Waals surface area contributed by atoms with Crippen molar-refractivity contribution >= 4 is 28.7 Å². The summed E-state index contributed by atoms with van der Waals surface area (Å²) >= 11 is 5.09. The molecule has 0 unspecified atom stereocenters. The van der Waals surface area contributed by atoms with Gasteiger partial charge in [-0.1, -0.05) is 6.07 Å². The van der Waals surface area contributed by atoms with E-state index in [-0.39, 0.29) is 11.6 Å². The lowest BCUT2D eigenvalue weighted by atomic mass is 10.2. The maximum absolute atomic E-state index is 13.4. The Bertz CT molecular complexity index is 597. The Morgan fingerprint density at radius 3 is 2.16 bits per heavy atom. The normalized spacial score (nSPS) is 10.1. The molecular formula is C14H12F2N2S. The molecule has 98 valence electrons. The predicted molar refractivity (Wildman–Crippen MR) is 77.4 cm³/mol. The summed E-state index contributed by atoms with van der Waals surface area (Å²) in [5.74, 6) is -0.611. The summed E-state index contributed by atoms with van der Waals surface area (Å²) in [6.07, 6.45) is 0. The average Bonchev–Trinajstić information content (AvgIpc) is 2.37. The highest BCUT2D eigenvalue weighted by Gasteiger charge is 2.02. The molecule has 0 aromatic heterocycles. The van der Waals surface area contributed by atoms with Crippen LogP contribution in [0.25, 0.3) is 0 Å². The highest BCUT2D eigenvalue weighted by atomic mass is 32.1. The fourth-order valence-electron chi connectivity index (χ4n) is 1.50. The first-order chi connectivity index (χ1) is 9.04. The van der Waals surface area contributed by atoms with E-state index in [4.69, 9.17) is 12.2 Å². The van der Waals surface area contributed by atoms with E-state index in [9.17, 15) is 8.78 Å². The Morgan fingerprint density at radius 1 is 0.947 bits per heavy atom. The molecule has 0 saturated heterocycles. The number of benzene rings is 2. The molecule has 0 atom stereocenters. The van der Waals surface area contributed by atoms with Gasteiger partial charge in [0.2, 0.25) is 0 Å². The van der Waals surface area contributed by atoms with E-state index < -0.39 is 0 Å². The fourth-order valence-corrected chi connectivity index (χ4v) is 1.73. The summed E-state index contributed by atoms with van der Waals surface area (Å²) in [5, 5.41) is 6.06. The molecule has 19 heavy (non-hydrogen) atoms. The quantitative estimate of drug-likeness (QED) is 0.809. The van der Waals surface area contributed by atoms with Gasteiger partial charge in [0.05, 0.1) is 0 Å². The molecule has 2 nitrogen and oxygen atoms in total. The molecule has 2 N–H and O–H groups in total. The maximum Gasteiger partial charge on any atom is 0.175 e. The highest BCUT2D eigenvalue weighted by Crippen LogP contribution is 2.14. The fraction of sp³-hybridized carbons (Fsp3) is 0.0714. The number of aryl methyl sites for hydroxylation is 1. The van der Waals surface area contributed by atoms with Crippen molar-refractivity contribution in [3.05, 3.63) is 59.7 Å². The van der Waals surface area contributed by atoms with Gasteiger partial charge in [0.15, 0.2) is 5.11 Å². The Morgan fingerprint density at radius 2 is 1.53 bits per heavy atom. The van der Waals surface area contributed by atoms with Crippen molar-refractivity contribution in [1.82, 2.24) is 0 Å². The van der Waals surface area contributed by atoms with E-state index in [0.29, 0.717) is 22.1 Å². The molecule has 0 aliphatic carbocycles. The van der Waals surface area contributed by atoms with Crippen molar-refractivity contribution in [3.8, 4) is 0 Å². The van der Waals surface area contributed by atoms with Crippen molar-refractivity contribution < 1.29 is 8.78 Å². The Hall–Kier alpha value is -2.01. The van der Waals surface area contributed by atoms with Gasteiger partial charge in [-0.05, 0) is 61.1 Å². The van der Waals surface area contributed by atoms with E-state index in [1.54, 1.807) is 31.2 Å². The van der Waals surface area contributed by atoms with Gasteiger partial charge in [0.25, 0.3) is 0 Å². The molecule has 5 heteroatoms. The smallest absolute Gasteiger partial charge is 0.175 e. The van der Waals surface area contributed by atoms with Gasteiger partial charge in [-0.2, -0.15) is 0 Å². The molecule has 0 spiro atoms. The van der Waals surface area contributed by atoms with Crippen LogP contribution in [0.5, 0.6) is 0 Å². The zero-order valence-electron chi connectivity index (χ0n) is 10.2. The summed E-state index contributed by atoms with van der Waals surface area (Å²) in [6.45, 7) is 1.69. The van der Waals surface area contributed by atoms with E-state index in [1.165, 1.54) is 18.2 Å². The zero-order chi connectivity index (χ0) is 13.8. The van der Waals surface area contributed by atoms with Crippen LogP contribution in [0, 0.1) is 18.6 Å². The number of halogens is 2. The van der Waals surface area contributed by atoms with Gasteiger partial charge in [-0.15, -0.1) is 0 Å². The molecule has 2 rings (SSSR count). The van der Waals surface area contributed by atoms with Crippen LogP contribution in [0.15, 0.2) is 42.5 Å². The number of rotatable bonds is 2. The number of thiocarbonyl (C=S) groups is 1. The van der Waals surface area contributed by atoms with Crippen LogP contribution < -0.4 is 10.6 Å².